The van der Waals surface area contributed by atoms with Crippen molar-refractivity contribution >= 4 is 21.8 Å². The summed E-state index contributed by atoms with van der Waals surface area (Å²) in [5, 5.41) is 13.0. The molecule has 0 aromatic heterocycles. The topological polar surface area (TPSA) is 49.3 Å². The fourth-order valence-electron chi connectivity index (χ4n) is 1.45. The molecule has 1 aromatic carbocycles. The van der Waals surface area contributed by atoms with Gasteiger partial charge in [-0.2, -0.15) is 0 Å². The zero-order valence-electron chi connectivity index (χ0n) is 11.2. The van der Waals surface area contributed by atoms with E-state index in [0.29, 0.717) is 0 Å². The van der Waals surface area contributed by atoms with Gasteiger partial charge in [-0.3, -0.25) is 4.79 Å². The van der Waals surface area contributed by atoms with E-state index in [2.05, 4.69) is 21.2 Å². The lowest BCUT2D eigenvalue weighted by molar-refractivity contribution is -0.130. The summed E-state index contributed by atoms with van der Waals surface area (Å²) in [7, 11) is 0. The molecule has 3 nitrogen and oxygen atoms in total. The Morgan fingerprint density at radius 3 is 2.22 bits per heavy atom. The average molecular weight is 314 g/mol. The Kier molecular flexibility index (Phi) is 4.93. The molecule has 1 amide bonds. The van der Waals surface area contributed by atoms with Gasteiger partial charge in [0.2, 0.25) is 5.91 Å². The van der Waals surface area contributed by atoms with Gasteiger partial charge >= 0.3 is 0 Å². The number of nitrogens with one attached hydrogen (secondary N) is 1. The molecule has 18 heavy (non-hydrogen) atoms. The van der Waals surface area contributed by atoms with Crippen LogP contribution >= 0.6 is 15.9 Å². The van der Waals surface area contributed by atoms with E-state index in [4.69, 9.17) is 0 Å². The van der Waals surface area contributed by atoms with Crippen molar-refractivity contribution in [1.82, 2.24) is 5.32 Å². The largest absolute Gasteiger partial charge is 0.386 e. The molecule has 0 fully saturated rings. The van der Waals surface area contributed by atoms with E-state index in [1.165, 1.54) is 0 Å². The minimum absolute atomic E-state index is 0.0637. The molecule has 2 N–H and O–H groups in total. The van der Waals surface area contributed by atoms with Crippen LogP contribution in [0.25, 0.3) is 0 Å². The molecule has 0 bridgehead atoms. The van der Waals surface area contributed by atoms with Crippen LogP contribution < -0.4 is 5.32 Å². The molecular formula is C14H20BrNO2. The summed E-state index contributed by atoms with van der Waals surface area (Å²) in [4.78, 5) is 11.8. The van der Waals surface area contributed by atoms with Gasteiger partial charge in [-0.15, -0.1) is 0 Å². The molecule has 0 aliphatic heterocycles. The Morgan fingerprint density at radius 2 is 1.78 bits per heavy atom. The van der Waals surface area contributed by atoms with Crippen molar-refractivity contribution < 1.29 is 9.90 Å². The molecule has 1 rings (SSSR count). The first kappa shape index (κ1) is 15.2. The maximum absolute atomic E-state index is 11.8. The highest BCUT2D eigenvalue weighted by Gasteiger charge is 2.25. The number of rotatable bonds is 3. The maximum atomic E-state index is 11.8. The Bertz CT molecular complexity index is 409. The van der Waals surface area contributed by atoms with Gasteiger partial charge in [0.25, 0.3) is 0 Å². The van der Waals surface area contributed by atoms with E-state index in [9.17, 15) is 9.90 Å². The fraction of sp³-hybridized carbons (Fsp3) is 0.500. The molecule has 0 radical (unpaired) electrons. The zero-order valence-corrected chi connectivity index (χ0v) is 12.8. The third-order valence-electron chi connectivity index (χ3n) is 2.73. The van der Waals surface area contributed by atoms with Gasteiger partial charge in [0, 0.05) is 9.89 Å². The van der Waals surface area contributed by atoms with Crippen molar-refractivity contribution in [3.8, 4) is 0 Å². The van der Waals surface area contributed by atoms with Gasteiger partial charge < -0.3 is 10.4 Å². The van der Waals surface area contributed by atoms with Gasteiger partial charge in [0.15, 0.2) is 0 Å². The average Bonchev–Trinajstić information content (AvgIpc) is 2.27. The number of halogens is 1. The van der Waals surface area contributed by atoms with E-state index in [1.807, 2.05) is 45.0 Å². The second-order valence-corrected chi connectivity index (χ2v) is 6.42. The van der Waals surface area contributed by atoms with Crippen LogP contribution in [0.1, 0.15) is 39.4 Å². The number of amides is 1. The summed E-state index contributed by atoms with van der Waals surface area (Å²) in [5.74, 6) is -0.0637. The van der Waals surface area contributed by atoms with E-state index >= 15 is 0 Å². The lowest BCUT2D eigenvalue weighted by Gasteiger charge is -2.25. The first-order valence-corrected chi connectivity index (χ1v) is 6.75. The molecule has 2 unspecified atom stereocenters. The second-order valence-electron chi connectivity index (χ2n) is 5.51. The Labute approximate surface area is 117 Å². The lowest BCUT2D eigenvalue weighted by atomic mass is 9.94. The van der Waals surface area contributed by atoms with Crippen molar-refractivity contribution in [2.24, 2.45) is 5.41 Å². The summed E-state index contributed by atoms with van der Waals surface area (Å²) < 4.78 is 0.963. The van der Waals surface area contributed by atoms with Gasteiger partial charge in [0.05, 0.1) is 12.1 Å². The molecule has 0 heterocycles. The predicted molar refractivity (Wildman–Crippen MR) is 76.2 cm³/mol. The standard InChI is InChI=1S/C14H20BrNO2/c1-9(16-13(18)14(2,3)4)12(17)10-5-7-11(15)8-6-10/h5-9,12,17H,1-4H3,(H,16,18). The van der Waals surface area contributed by atoms with E-state index in [-0.39, 0.29) is 11.9 Å². The summed E-state index contributed by atoms with van der Waals surface area (Å²) in [5.41, 5.74) is 0.341. The second kappa shape index (κ2) is 5.85. The van der Waals surface area contributed by atoms with Crippen LogP contribution in [0.3, 0.4) is 0 Å². The van der Waals surface area contributed by atoms with E-state index in [0.717, 1.165) is 10.0 Å². The van der Waals surface area contributed by atoms with E-state index < -0.39 is 11.5 Å². The Balaban J connectivity index is 2.70. The van der Waals surface area contributed by atoms with Gasteiger partial charge in [0.1, 0.15) is 0 Å². The molecule has 1 aromatic rings. The summed E-state index contributed by atoms with van der Waals surface area (Å²) in [6, 6.07) is 7.11. The van der Waals surface area contributed by atoms with E-state index in [1.54, 1.807) is 6.92 Å². The third-order valence-corrected chi connectivity index (χ3v) is 3.25. The van der Waals surface area contributed by atoms with Crippen LogP contribution in [0.15, 0.2) is 28.7 Å². The predicted octanol–water partition coefficient (Wildman–Crippen LogP) is 3.03. The van der Waals surface area contributed by atoms with Crippen molar-refractivity contribution in [1.29, 1.82) is 0 Å². The van der Waals surface area contributed by atoms with Crippen LogP contribution in [0.5, 0.6) is 0 Å². The summed E-state index contributed by atoms with van der Waals surface area (Å²) in [6.07, 6.45) is -0.704. The number of hydrogen-bond acceptors (Lipinski definition) is 2. The van der Waals surface area contributed by atoms with Crippen molar-refractivity contribution in [2.75, 3.05) is 0 Å². The number of carbonyl (C=O) groups excluding carboxylic acids is 1. The molecule has 4 heteroatoms. The van der Waals surface area contributed by atoms with Crippen molar-refractivity contribution in [2.45, 2.75) is 39.8 Å². The highest BCUT2D eigenvalue weighted by atomic mass is 79.9. The quantitative estimate of drug-likeness (QED) is 0.901. The number of aliphatic hydroxyl groups excluding tert-OH is 1. The zero-order chi connectivity index (χ0) is 13.9. The molecule has 0 saturated heterocycles. The third kappa shape index (κ3) is 4.10. The highest BCUT2D eigenvalue weighted by Crippen LogP contribution is 2.21. The smallest absolute Gasteiger partial charge is 0.225 e. The van der Waals surface area contributed by atoms with Crippen LogP contribution in [-0.4, -0.2) is 17.1 Å². The Hall–Kier alpha value is -0.870. The highest BCUT2D eigenvalue weighted by molar-refractivity contribution is 9.10. The number of benzene rings is 1. The molecular weight excluding hydrogens is 294 g/mol. The number of carbonyl (C=O) groups is 1. The van der Waals surface area contributed by atoms with Crippen molar-refractivity contribution in [3.05, 3.63) is 34.3 Å². The first-order chi connectivity index (χ1) is 8.21. The first-order valence-electron chi connectivity index (χ1n) is 5.96. The fourth-order valence-corrected chi connectivity index (χ4v) is 1.72. The van der Waals surface area contributed by atoms with Gasteiger partial charge in [-0.1, -0.05) is 48.8 Å². The number of aliphatic hydroxyl groups is 1. The minimum atomic E-state index is -0.704. The number of hydrogen-bond donors (Lipinski definition) is 2. The Morgan fingerprint density at radius 1 is 1.28 bits per heavy atom. The minimum Gasteiger partial charge on any atom is -0.386 e. The molecule has 2 atom stereocenters. The van der Waals surface area contributed by atoms with Crippen LogP contribution in [0, 0.1) is 5.41 Å². The molecule has 100 valence electrons. The molecule has 0 aliphatic carbocycles. The van der Waals surface area contributed by atoms with Crippen molar-refractivity contribution in [3.63, 3.8) is 0 Å². The summed E-state index contributed by atoms with van der Waals surface area (Å²) >= 11 is 3.35. The normalized spacial score (nSPS) is 15.0. The molecule has 0 saturated carbocycles. The maximum Gasteiger partial charge on any atom is 0.225 e. The summed E-state index contributed by atoms with van der Waals surface area (Å²) in [6.45, 7) is 7.35. The molecule has 0 spiro atoms. The lowest BCUT2D eigenvalue weighted by Crippen LogP contribution is -2.43. The van der Waals surface area contributed by atoms with Crippen LogP contribution in [0.2, 0.25) is 0 Å². The van der Waals surface area contributed by atoms with Gasteiger partial charge in [-0.05, 0) is 24.6 Å². The SMILES string of the molecule is CC(NC(=O)C(C)(C)C)C(O)c1ccc(Br)cc1. The van der Waals surface area contributed by atoms with Crippen LogP contribution in [-0.2, 0) is 4.79 Å². The monoisotopic (exact) mass is 313 g/mol. The van der Waals surface area contributed by atoms with Gasteiger partial charge in [-0.25, -0.2) is 0 Å². The molecule has 0 aliphatic rings. The van der Waals surface area contributed by atoms with Crippen LogP contribution in [0.4, 0.5) is 0 Å².